The third-order valence-corrected chi connectivity index (χ3v) is 3.75. The Morgan fingerprint density at radius 3 is 2.50 bits per heavy atom. The molecule has 1 amide bonds. The first-order chi connectivity index (χ1) is 10.4. The minimum Gasteiger partial charge on any atom is -0.361 e. The minimum atomic E-state index is -0.0992. The van der Waals surface area contributed by atoms with Gasteiger partial charge in [-0.05, 0) is 34.1 Å². The maximum Gasteiger partial charge on any atom is 0.238 e. The van der Waals surface area contributed by atoms with Gasteiger partial charge in [-0.2, -0.15) is 5.10 Å². The minimum absolute atomic E-state index is 0.0449. The van der Waals surface area contributed by atoms with Gasteiger partial charge in [-0.25, -0.2) is 0 Å². The first-order valence-electron chi connectivity index (χ1n) is 7.41. The highest BCUT2D eigenvalue weighted by molar-refractivity contribution is 5.93. The third-order valence-electron chi connectivity index (χ3n) is 3.75. The molecule has 0 aliphatic heterocycles. The van der Waals surface area contributed by atoms with Gasteiger partial charge in [0.25, 0.3) is 0 Å². The Morgan fingerprint density at radius 2 is 2.00 bits per heavy atom. The van der Waals surface area contributed by atoms with Gasteiger partial charge in [-0.15, -0.1) is 0 Å². The smallest absolute Gasteiger partial charge is 0.238 e. The largest absolute Gasteiger partial charge is 0.361 e. The van der Waals surface area contributed by atoms with Crippen molar-refractivity contribution in [2.45, 2.75) is 47.1 Å². The van der Waals surface area contributed by atoms with E-state index in [9.17, 15) is 4.79 Å². The van der Waals surface area contributed by atoms with Crippen molar-refractivity contribution in [3.05, 3.63) is 28.4 Å². The van der Waals surface area contributed by atoms with Gasteiger partial charge in [0.05, 0.1) is 29.3 Å². The van der Waals surface area contributed by atoms with Crippen LogP contribution in [0, 0.1) is 27.7 Å². The summed E-state index contributed by atoms with van der Waals surface area (Å²) >= 11 is 0. The lowest BCUT2D eigenvalue weighted by Gasteiger charge is -2.16. The Morgan fingerprint density at radius 1 is 1.27 bits per heavy atom. The standard InChI is InChI=1S/C15H23N5O2/c1-6-12(14-8(2)20-22-11(14)5)16-7-13(21)17-15-9(3)18-19-10(15)4/h12,16H,6-7H2,1-5H3,(H,17,21)(H,18,19)/t12-/m1/s1. The lowest BCUT2D eigenvalue weighted by molar-refractivity contribution is -0.115. The van der Waals surface area contributed by atoms with E-state index >= 15 is 0 Å². The molecular weight excluding hydrogens is 282 g/mol. The van der Waals surface area contributed by atoms with Gasteiger partial charge in [0.1, 0.15) is 5.76 Å². The SMILES string of the molecule is CC[C@@H](NCC(=O)Nc1c(C)n[nH]c1C)c1c(C)noc1C. The molecule has 3 N–H and O–H groups in total. The van der Waals surface area contributed by atoms with Crippen LogP contribution in [0.2, 0.25) is 0 Å². The molecule has 0 aromatic carbocycles. The molecule has 2 aromatic heterocycles. The molecule has 0 aliphatic rings. The van der Waals surface area contributed by atoms with Crippen molar-refractivity contribution in [1.82, 2.24) is 20.7 Å². The number of aryl methyl sites for hydroxylation is 4. The van der Waals surface area contributed by atoms with Crippen molar-refractivity contribution in [2.75, 3.05) is 11.9 Å². The highest BCUT2D eigenvalue weighted by Gasteiger charge is 2.19. The molecule has 0 bridgehead atoms. The molecule has 22 heavy (non-hydrogen) atoms. The molecule has 0 aliphatic carbocycles. The predicted octanol–water partition coefficient (Wildman–Crippen LogP) is 2.31. The zero-order valence-electron chi connectivity index (χ0n) is 13.7. The van der Waals surface area contributed by atoms with Gasteiger partial charge < -0.3 is 15.2 Å². The summed E-state index contributed by atoms with van der Waals surface area (Å²) in [5.41, 5.74) is 4.27. The lowest BCUT2D eigenvalue weighted by atomic mass is 10.0. The number of aromatic nitrogens is 3. The van der Waals surface area contributed by atoms with Crippen molar-refractivity contribution >= 4 is 11.6 Å². The van der Waals surface area contributed by atoms with E-state index in [4.69, 9.17) is 4.52 Å². The Bertz CT molecular complexity index is 620. The van der Waals surface area contributed by atoms with Crippen LogP contribution in [0.1, 0.15) is 47.8 Å². The van der Waals surface area contributed by atoms with Crippen LogP contribution in [-0.2, 0) is 4.79 Å². The van der Waals surface area contributed by atoms with E-state index in [-0.39, 0.29) is 18.5 Å². The Hall–Kier alpha value is -2.15. The van der Waals surface area contributed by atoms with Crippen LogP contribution < -0.4 is 10.6 Å². The molecule has 0 saturated carbocycles. The van der Waals surface area contributed by atoms with Crippen LogP contribution in [0.4, 0.5) is 5.69 Å². The van der Waals surface area contributed by atoms with E-state index in [0.717, 1.165) is 40.5 Å². The molecule has 2 rings (SSSR count). The van der Waals surface area contributed by atoms with Crippen LogP contribution in [-0.4, -0.2) is 27.8 Å². The second-order valence-electron chi connectivity index (χ2n) is 5.44. The van der Waals surface area contributed by atoms with Crippen molar-refractivity contribution in [1.29, 1.82) is 0 Å². The van der Waals surface area contributed by atoms with Crippen molar-refractivity contribution in [3.63, 3.8) is 0 Å². The fourth-order valence-corrected chi connectivity index (χ4v) is 2.57. The number of aromatic amines is 1. The number of carbonyl (C=O) groups excluding carboxylic acids is 1. The summed E-state index contributed by atoms with van der Waals surface area (Å²) in [6.45, 7) is 9.80. The van der Waals surface area contributed by atoms with Gasteiger partial charge >= 0.3 is 0 Å². The normalized spacial score (nSPS) is 12.4. The Balaban J connectivity index is 1.98. The topological polar surface area (TPSA) is 95.8 Å². The zero-order valence-corrected chi connectivity index (χ0v) is 13.7. The average Bonchev–Trinajstić information content (AvgIpc) is 2.97. The monoisotopic (exact) mass is 305 g/mol. The van der Waals surface area contributed by atoms with Gasteiger partial charge in [-0.1, -0.05) is 12.1 Å². The maximum absolute atomic E-state index is 12.1. The second kappa shape index (κ2) is 6.74. The van der Waals surface area contributed by atoms with E-state index in [2.05, 4.69) is 32.9 Å². The summed E-state index contributed by atoms with van der Waals surface area (Å²) in [6.07, 6.45) is 0.847. The van der Waals surface area contributed by atoms with Gasteiger partial charge in [-0.3, -0.25) is 9.89 Å². The summed E-state index contributed by atoms with van der Waals surface area (Å²) < 4.78 is 5.20. The number of H-pyrrole nitrogens is 1. The fraction of sp³-hybridized carbons (Fsp3) is 0.533. The number of hydrogen-bond donors (Lipinski definition) is 3. The van der Waals surface area contributed by atoms with Crippen molar-refractivity contribution < 1.29 is 9.32 Å². The fourth-order valence-electron chi connectivity index (χ4n) is 2.57. The summed E-state index contributed by atoms with van der Waals surface area (Å²) in [5.74, 6) is 0.691. The van der Waals surface area contributed by atoms with E-state index in [1.54, 1.807) is 0 Å². The maximum atomic E-state index is 12.1. The van der Waals surface area contributed by atoms with Gasteiger partial charge in [0.15, 0.2) is 0 Å². The summed E-state index contributed by atoms with van der Waals surface area (Å²) in [5, 5.41) is 17.0. The highest BCUT2D eigenvalue weighted by atomic mass is 16.5. The van der Waals surface area contributed by atoms with Crippen LogP contribution in [0.25, 0.3) is 0 Å². The summed E-state index contributed by atoms with van der Waals surface area (Å²) in [6, 6.07) is 0.0449. The molecule has 7 nitrogen and oxygen atoms in total. The molecule has 0 spiro atoms. The number of nitrogens with one attached hydrogen (secondary N) is 3. The number of anilines is 1. The molecule has 120 valence electrons. The number of hydrogen-bond acceptors (Lipinski definition) is 5. The molecule has 0 saturated heterocycles. The first-order valence-corrected chi connectivity index (χ1v) is 7.41. The Labute approximate surface area is 129 Å². The van der Waals surface area contributed by atoms with E-state index < -0.39 is 0 Å². The molecule has 2 heterocycles. The van der Waals surface area contributed by atoms with Gasteiger partial charge in [0, 0.05) is 11.6 Å². The molecule has 7 heteroatoms. The lowest BCUT2D eigenvalue weighted by Crippen LogP contribution is -2.31. The molecule has 1 atom stereocenters. The summed E-state index contributed by atoms with van der Waals surface area (Å²) in [7, 11) is 0. The third kappa shape index (κ3) is 3.36. The van der Waals surface area contributed by atoms with Crippen LogP contribution in [0.5, 0.6) is 0 Å². The quantitative estimate of drug-likeness (QED) is 0.761. The molecule has 2 aromatic rings. The predicted molar refractivity (Wildman–Crippen MR) is 83.7 cm³/mol. The van der Waals surface area contributed by atoms with E-state index in [1.807, 2.05) is 27.7 Å². The van der Waals surface area contributed by atoms with Gasteiger partial charge in [0.2, 0.25) is 5.91 Å². The Kier molecular flexibility index (Phi) is 4.97. The van der Waals surface area contributed by atoms with Crippen molar-refractivity contribution in [2.24, 2.45) is 0 Å². The van der Waals surface area contributed by atoms with Crippen molar-refractivity contribution in [3.8, 4) is 0 Å². The second-order valence-corrected chi connectivity index (χ2v) is 5.44. The average molecular weight is 305 g/mol. The van der Waals surface area contributed by atoms with E-state index in [0.29, 0.717) is 0 Å². The number of amides is 1. The van der Waals surface area contributed by atoms with E-state index in [1.165, 1.54) is 0 Å². The van der Waals surface area contributed by atoms with Crippen LogP contribution in [0.3, 0.4) is 0 Å². The summed E-state index contributed by atoms with van der Waals surface area (Å²) in [4.78, 5) is 12.1. The first kappa shape index (κ1) is 16.2. The number of nitrogens with zero attached hydrogens (tertiary/aromatic N) is 2. The van der Waals surface area contributed by atoms with Crippen LogP contribution >= 0.6 is 0 Å². The molecule has 0 fully saturated rings. The molecule has 0 unspecified atom stereocenters. The van der Waals surface area contributed by atoms with Crippen LogP contribution in [0.15, 0.2) is 4.52 Å². The molecule has 0 radical (unpaired) electrons. The molecular formula is C15H23N5O2. The zero-order chi connectivity index (χ0) is 16.3. The number of carbonyl (C=O) groups is 1. The number of rotatable bonds is 6. The highest BCUT2D eigenvalue weighted by Crippen LogP contribution is 2.23.